The monoisotopic (exact) mass is 303 g/mol. The Morgan fingerprint density at radius 3 is 2.71 bits per heavy atom. The van der Waals surface area contributed by atoms with E-state index in [1.165, 1.54) is 33.4 Å². The molecular weight excluding hydrogens is 278 g/mol. The number of nitrogens with one attached hydrogen (secondary N) is 1. The summed E-state index contributed by atoms with van der Waals surface area (Å²) in [6, 6.07) is 9.45. The maximum absolute atomic E-state index is 6.10. The summed E-state index contributed by atoms with van der Waals surface area (Å²) >= 11 is 1.91. The fourth-order valence-corrected chi connectivity index (χ4v) is 3.54. The van der Waals surface area contributed by atoms with Crippen LogP contribution in [-0.4, -0.2) is 12.1 Å². The molecule has 3 heteroatoms. The topological polar surface area (TPSA) is 21.3 Å². The zero-order chi connectivity index (χ0) is 14.8. The quantitative estimate of drug-likeness (QED) is 0.799. The second-order valence-corrected chi connectivity index (χ2v) is 7.55. The molecule has 1 unspecified atom stereocenters. The van der Waals surface area contributed by atoms with Crippen LogP contribution in [0.2, 0.25) is 0 Å². The Hall–Kier alpha value is -0.900. The van der Waals surface area contributed by atoms with Crippen LogP contribution in [0.3, 0.4) is 0 Å². The van der Waals surface area contributed by atoms with Crippen LogP contribution in [0.1, 0.15) is 44.1 Å². The number of thiophene rings is 1. The van der Waals surface area contributed by atoms with E-state index in [0.29, 0.717) is 12.0 Å². The minimum Gasteiger partial charge on any atom is -0.374 e. The molecule has 1 fully saturated rings. The van der Waals surface area contributed by atoms with Gasteiger partial charge in [-0.25, -0.2) is 0 Å². The molecule has 0 radical (unpaired) electrons. The average Bonchev–Trinajstić information content (AvgIpc) is 3.23. The average molecular weight is 303 g/mol. The molecule has 1 aliphatic carbocycles. The molecule has 0 aliphatic heterocycles. The fourth-order valence-electron chi connectivity index (χ4n) is 2.38. The van der Waals surface area contributed by atoms with E-state index in [2.05, 4.69) is 50.4 Å². The van der Waals surface area contributed by atoms with Crippen LogP contribution in [0, 0.1) is 5.92 Å². The van der Waals surface area contributed by atoms with Gasteiger partial charge in [0.15, 0.2) is 0 Å². The van der Waals surface area contributed by atoms with Crippen LogP contribution in [-0.2, 0) is 17.9 Å². The molecule has 21 heavy (non-hydrogen) atoms. The Bertz CT molecular complexity index is 600. The highest BCUT2D eigenvalue weighted by Crippen LogP contribution is 2.33. The van der Waals surface area contributed by atoms with Gasteiger partial charge in [0, 0.05) is 27.7 Å². The number of rotatable bonds is 7. The Labute approximate surface area is 131 Å². The third-order valence-electron chi connectivity index (χ3n) is 4.34. The molecule has 1 N–H and O–H groups in total. The fraction of sp³-hybridized carbons (Fsp3) is 0.556. The third kappa shape index (κ3) is 3.65. The van der Waals surface area contributed by atoms with Gasteiger partial charge in [-0.1, -0.05) is 32.0 Å². The van der Waals surface area contributed by atoms with E-state index >= 15 is 0 Å². The lowest BCUT2D eigenvalue weighted by atomic mass is 10.1. The third-order valence-corrected chi connectivity index (χ3v) is 5.55. The van der Waals surface area contributed by atoms with E-state index in [4.69, 9.17) is 4.74 Å². The van der Waals surface area contributed by atoms with Crippen LogP contribution in [0.25, 0.3) is 10.1 Å². The Morgan fingerprint density at radius 2 is 2.00 bits per heavy atom. The summed E-state index contributed by atoms with van der Waals surface area (Å²) in [4.78, 5) is 1.44. The van der Waals surface area contributed by atoms with Crippen molar-refractivity contribution in [2.45, 2.75) is 58.9 Å². The van der Waals surface area contributed by atoms with Crippen LogP contribution in [0.5, 0.6) is 0 Å². The predicted molar refractivity (Wildman–Crippen MR) is 90.8 cm³/mol. The van der Waals surface area contributed by atoms with Gasteiger partial charge in [-0.15, -0.1) is 11.3 Å². The Morgan fingerprint density at radius 1 is 1.24 bits per heavy atom. The maximum atomic E-state index is 6.10. The smallest absolute Gasteiger partial charge is 0.0738 e. The molecule has 1 heterocycles. The van der Waals surface area contributed by atoms with Crippen molar-refractivity contribution in [2.75, 3.05) is 0 Å². The SMILES string of the molecule is CC(C)C(C)OCc1c(CNC2CC2)sc2ccccc12. The molecule has 2 aromatic rings. The van der Waals surface area contributed by atoms with Crippen LogP contribution >= 0.6 is 11.3 Å². The van der Waals surface area contributed by atoms with Gasteiger partial charge in [-0.3, -0.25) is 0 Å². The second kappa shape index (κ2) is 6.47. The Balaban J connectivity index is 1.80. The highest BCUT2D eigenvalue weighted by Gasteiger charge is 2.22. The van der Waals surface area contributed by atoms with Gasteiger partial charge >= 0.3 is 0 Å². The van der Waals surface area contributed by atoms with Gasteiger partial charge in [0.2, 0.25) is 0 Å². The maximum Gasteiger partial charge on any atom is 0.0738 e. The van der Waals surface area contributed by atoms with Gasteiger partial charge < -0.3 is 10.1 Å². The van der Waals surface area contributed by atoms with Crippen molar-refractivity contribution in [1.82, 2.24) is 5.32 Å². The van der Waals surface area contributed by atoms with Crippen LogP contribution in [0.15, 0.2) is 24.3 Å². The predicted octanol–water partition coefficient (Wildman–Crippen LogP) is 4.71. The molecule has 1 atom stereocenters. The van der Waals surface area contributed by atoms with Crippen LogP contribution in [0.4, 0.5) is 0 Å². The lowest BCUT2D eigenvalue weighted by Crippen LogP contribution is -2.17. The molecule has 1 aromatic heterocycles. The van der Waals surface area contributed by atoms with Crippen molar-refractivity contribution in [3.63, 3.8) is 0 Å². The van der Waals surface area contributed by atoms with Crippen molar-refractivity contribution in [1.29, 1.82) is 0 Å². The van der Waals surface area contributed by atoms with Gasteiger partial charge in [0.25, 0.3) is 0 Å². The molecule has 114 valence electrons. The van der Waals surface area contributed by atoms with E-state index in [-0.39, 0.29) is 0 Å². The number of hydrogen-bond acceptors (Lipinski definition) is 3. The molecule has 1 saturated carbocycles. The molecular formula is C18H25NOS. The van der Waals surface area contributed by atoms with E-state index in [9.17, 15) is 0 Å². The largest absolute Gasteiger partial charge is 0.374 e. The number of hydrogen-bond donors (Lipinski definition) is 1. The molecule has 2 nitrogen and oxygen atoms in total. The van der Waals surface area contributed by atoms with Gasteiger partial charge in [0.05, 0.1) is 12.7 Å². The summed E-state index contributed by atoms with van der Waals surface area (Å²) in [6.07, 6.45) is 2.97. The van der Waals surface area contributed by atoms with Crippen molar-refractivity contribution in [3.8, 4) is 0 Å². The van der Waals surface area contributed by atoms with Crippen molar-refractivity contribution in [3.05, 3.63) is 34.7 Å². The number of benzene rings is 1. The summed E-state index contributed by atoms with van der Waals surface area (Å²) in [5.74, 6) is 0.558. The minimum atomic E-state index is 0.299. The first-order valence-corrected chi connectivity index (χ1v) is 8.81. The zero-order valence-corrected chi connectivity index (χ0v) is 14.0. The van der Waals surface area contributed by atoms with E-state index in [1.54, 1.807) is 0 Å². The van der Waals surface area contributed by atoms with Gasteiger partial charge in [-0.2, -0.15) is 0 Å². The summed E-state index contributed by atoms with van der Waals surface area (Å²) in [6.45, 7) is 8.31. The number of fused-ring (bicyclic) bond motifs is 1. The lowest BCUT2D eigenvalue weighted by molar-refractivity contribution is 0.0239. The number of ether oxygens (including phenoxy) is 1. The highest BCUT2D eigenvalue weighted by atomic mass is 32.1. The molecule has 1 aromatic carbocycles. The standard InChI is InChI=1S/C18H25NOS/c1-12(2)13(3)20-11-16-15-6-4-5-7-17(15)21-18(16)10-19-14-8-9-14/h4-7,12-14,19H,8-11H2,1-3H3. The second-order valence-electron chi connectivity index (χ2n) is 6.42. The van der Waals surface area contributed by atoms with Crippen molar-refractivity contribution < 1.29 is 4.74 Å². The molecule has 0 saturated heterocycles. The first-order valence-electron chi connectivity index (χ1n) is 7.99. The molecule has 0 amide bonds. The minimum absolute atomic E-state index is 0.299. The van der Waals surface area contributed by atoms with Gasteiger partial charge in [-0.05, 0) is 37.1 Å². The lowest BCUT2D eigenvalue weighted by Gasteiger charge is -2.17. The molecule has 0 bridgehead atoms. The van der Waals surface area contributed by atoms with Crippen molar-refractivity contribution in [2.24, 2.45) is 5.92 Å². The van der Waals surface area contributed by atoms with Crippen LogP contribution < -0.4 is 5.32 Å². The molecule has 0 spiro atoms. The van der Waals surface area contributed by atoms with Crippen molar-refractivity contribution >= 4 is 21.4 Å². The normalized spacial score (nSPS) is 16.8. The summed E-state index contributed by atoms with van der Waals surface area (Å²) in [7, 11) is 0. The Kier molecular flexibility index (Phi) is 4.63. The molecule has 3 rings (SSSR count). The zero-order valence-electron chi connectivity index (χ0n) is 13.2. The summed E-state index contributed by atoms with van der Waals surface area (Å²) in [5, 5.41) is 5.01. The van der Waals surface area contributed by atoms with E-state index < -0.39 is 0 Å². The summed E-state index contributed by atoms with van der Waals surface area (Å²) < 4.78 is 7.47. The first-order chi connectivity index (χ1) is 10.1. The first kappa shape index (κ1) is 15.0. The molecule has 1 aliphatic rings. The highest BCUT2D eigenvalue weighted by molar-refractivity contribution is 7.19. The van der Waals surface area contributed by atoms with E-state index in [0.717, 1.165) is 19.2 Å². The van der Waals surface area contributed by atoms with E-state index in [1.807, 2.05) is 11.3 Å². The van der Waals surface area contributed by atoms with Gasteiger partial charge in [0.1, 0.15) is 0 Å². The summed E-state index contributed by atoms with van der Waals surface area (Å²) in [5.41, 5.74) is 1.39.